The highest BCUT2D eigenvalue weighted by atomic mass is 16.5. The van der Waals surface area contributed by atoms with Crippen molar-refractivity contribution in [2.45, 2.75) is 19.9 Å². The smallest absolute Gasteiger partial charge is 0.338 e. The van der Waals surface area contributed by atoms with Crippen LogP contribution in [0.25, 0.3) is 0 Å². The molecule has 0 unspecified atom stereocenters. The van der Waals surface area contributed by atoms with Crippen LogP contribution < -0.4 is 15.4 Å². The summed E-state index contributed by atoms with van der Waals surface area (Å²) >= 11 is 0. The third-order valence-corrected chi connectivity index (χ3v) is 3.30. The summed E-state index contributed by atoms with van der Waals surface area (Å²) < 4.78 is 10.1. The maximum Gasteiger partial charge on any atom is 0.338 e. The van der Waals surface area contributed by atoms with Crippen LogP contribution in [0, 0.1) is 0 Å². The molecule has 3 N–H and O–H groups in total. The Labute approximate surface area is 127 Å². The van der Waals surface area contributed by atoms with E-state index in [2.05, 4.69) is 10.6 Å². The molecule has 1 aromatic rings. The number of phenols is 1. The molecule has 1 aliphatic rings. The molecule has 0 radical (unpaired) electrons. The number of methoxy groups -OCH3 is 1. The van der Waals surface area contributed by atoms with Crippen molar-refractivity contribution in [1.82, 2.24) is 10.6 Å². The van der Waals surface area contributed by atoms with Gasteiger partial charge < -0.3 is 25.2 Å². The van der Waals surface area contributed by atoms with Gasteiger partial charge in [-0.05, 0) is 31.5 Å². The van der Waals surface area contributed by atoms with Gasteiger partial charge in [0.15, 0.2) is 11.5 Å². The summed E-state index contributed by atoms with van der Waals surface area (Å²) in [4.78, 5) is 23.9. The standard InChI is InChI=1S/C15H18N2O5/c1-4-22-14(19)12-8(2)16-15(20)17-13(12)9-5-6-10(18)11(7-9)21-3/h5-7,13,18H,4H2,1-3H3,(H2,16,17,20)/t13-/m1/s1. The van der Waals surface area contributed by atoms with Crippen molar-refractivity contribution >= 4 is 12.0 Å². The van der Waals surface area contributed by atoms with Crippen molar-refractivity contribution in [3.63, 3.8) is 0 Å². The normalized spacial score (nSPS) is 17.6. The van der Waals surface area contributed by atoms with Gasteiger partial charge in [-0.1, -0.05) is 6.07 Å². The van der Waals surface area contributed by atoms with E-state index in [1.807, 2.05) is 0 Å². The lowest BCUT2D eigenvalue weighted by Gasteiger charge is -2.28. The predicted molar refractivity (Wildman–Crippen MR) is 78.4 cm³/mol. The number of rotatable bonds is 4. The number of hydrogen-bond donors (Lipinski definition) is 3. The predicted octanol–water partition coefficient (Wildman–Crippen LogP) is 1.59. The molecule has 2 rings (SSSR count). The topological polar surface area (TPSA) is 96.9 Å². The van der Waals surface area contributed by atoms with Gasteiger partial charge in [0, 0.05) is 5.70 Å². The Morgan fingerprint density at radius 2 is 2.14 bits per heavy atom. The van der Waals surface area contributed by atoms with E-state index in [0.717, 1.165) is 0 Å². The van der Waals surface area contributed by atoms with Crippen LogP contribution in [0.5, 0.6) is 11.5 Å². The molecule has 1 heterocycles. The van der Waals surface area contributed by atoms with E-state index in [4.69, 9.17) is 9.47 Å². The van der Waals surface area contributed by atoms with Crippen LogP contribution in [0.2, 0.25) is 0 Å². The molecule has 22 heavy (non-hydrogen) atoms. The Bertz CT molecular complexity index is 639. The molecule has 0 aromatic heterocycles. The van der Waals surface area contributed by atoms with Gasteiger partial charge in [-0.25, -0.2) is 9.59 Å². The van der Waals surface area contributed by atoms with Crippen molar-refractivity contribution in [3.8, 4) is 11.5 Å². The number of esters is 1. The summed E-state index contributed by atoms with van der Waals surface area (Å²) in [5.41, 5.74) is 1.35. The zero-order valence-electron chi connectivity index (χ0n) is 12.6. The Balaban J connectivity index is 2.47. The molecule has 0 spiro atoms. The van der Waals surface area contributed by atoms with E-state index in [9.17, 15) is 14.7 Å². The second-order valence-corrected chi connectivity index (χ2v) is 4.72. The molecule has 0 saturated heterocycles. The van der Waals surface area contributed by atoms with Crippen molar-refractivity contribution in [1.29, 1.82) is 0 Å². The van der Waals surface area contributed by atoms with Crippen molar-refractivity contribution in [2.75, 3.05) is 13.7 Å². The first-order valence-electron chi connectivity index (χ1n) is 6.80. The molecule has 0 saturated carbocycles. The number of hydrogen-bond acceptors (Lipinski definition) is 5. The van der Waals surface area contributed by atoms with Gasteiger partial charge in [-0.15, -0.1) is 0 Å². The largest absolute Gasteiger partial charge is 0.504 e. The van der Waals surface area contributed by atoms with Gasteiger partial charge in [-0.3, -0.25) is 0 Å². The molecule has 1 aromatic carbocycles. The molecular formula is C15H18N2O5. The number of carbonyl (C=O) groups is 2. The van der Waals surface area contributed by atoms with Gasteiger partial charge in [-0.2, -0.15) is 0 Å². The van der Waals surface area contributed by atoms with Crippen LogP contribution in [-0.2, 0) is 9.53 Å². The van der Waals surface area contributed by atoms with E-state index >= 15 is 0 Å². The molecule has 1 aliphatic heterocycles. The van der Waals surface area contributed by atoms with Gasteiger partial charge in [0.05, 0.1) is 25.3 Å². The zero-order valence-corrected chi connectivity index (χ0v) is 12.6. The number of allylic oxidation sites excluding steroid dienone is 1. The first kappa shape index (κ1) is 15.7. The van der Waals surface area contributed by atoms with Gasteiger partial charge in [0.1, 0.15) is 0 Å². The van der Waals surface area contributed by atoms with Crippen molar-refractivity contribution in [3.05, 3.63) is 35.0 Å². The minimum absolute atomic E-state index is 0.0232. The van der Waals surface area contributed by atoms with E-state index in [-0.39, 0.29) is 18.1 Å². The van der Waals surface area contributed by atoms with Crippen LogP contribution in [0.15, 0.2) is 29.5 Å². The monoisotopic (exact) mass is 306 g/mol. The lowest BCUT2D eigenvalue weighted by molar-refractivity contribution is -0.139. The fraction of sp³-hybridized carbons (Fsp3) is 0.333. The second kappa shape index (κ2) is 6.38. The molecule has 7 heteroatoms. The average molecular weight is 306 g/mol. The summed E-state index contributed by atoms with van der Waals surface area (Å²) in [6, 6.07) is 3.53. The number of benzene rings is 1. The lowest BCUT2D eigenvalue weighted by Crippen LogP contribution is -2.45. The molecular weight excluding hydrogens is 288 g/mol. The number of phenolic OH excluding ortho intramolecular Hbond substituents is 1. The molecule has 2 amide bonds. The fourth-order valence-corrected chi connectivity index (χ4v) is 2.30. The highest BCUT2D eigenvalue weighted by molar-refractivity contribution is 5.95. The molecule has 1 atom stereocenters. The number of ether oxygens (including phenoxy) is 2. The summed E-state index contributed by atoms with van der Waals surface area (Å²) in [6.45, 7) is 3.58. The van der Waals surface area contributed by atoms with Crippen LogP contribution in [-0.4, -0.2) is 30.8 Å². The number of nitrogens with one attached hydrogen (secondary N) is 2. The van der Waals surface area contributed by atoms with Crippen LogP contribution in [0.4, 0.5) is 4.79 Å². The summed E-state index contributed by atoms with van der Waals surface area (Å²) in [7, 11) is 1.42. The Morgan fingerprint density at radius 1 is 1.41 bits per heavy atom. The average Bonchev–Trinajstić information content (AvgIpc) is 2.47. The highest BCUT2D eigenvalue weighted by Gasteiger charge is 2.32. The first-order valence-corrected chi connectivity index (χ1v) is 6.80. The number of carbonyl (C=O) groups excluding carboxylic acids is 2. The maximum absolute atomic E-state index is 12.2. The van der Waals surface area contributed by atoms with E-state index < -0.39 is 18.0 Å². The minimum Gasteiger partial charge on any atom is -0.504 e. The number of urea groups is 1. The SMILES string of the molecule is CCOC(=O)C1=C(C)NC(=O)N[C@@H]1c1ccc(O)c(OC)c1. The molecule has 0 fully saturated rings. The number of amides is 2. The summed E-state index contributed by atoms with van der Waals surface area (Å²) in [5, 5.41) is 14.9. The Kier molecular flexibility index (Phi) is 4.55. The van der Waals surface area contributed by atoms with E-state index in [1.54, 1.807) is 26.0 Å². The van der Waals surface area contributed by atoms with E-state index in [1.165, 1.54) is 13.2 Å². The van der Waals surface area contributed by atoms with E-state index in [0.29, 0.717) is 16.8 Å². The lowest BCUT2D eigenvalue weighted by atomic mass is 9.95. The zero-order chi connectivity index (χ0) is 16.3. The van der Waals surface area contributed by atoms with Crippen molar-refractivity contribution in [2.24, 2.45) is 0 Å². The maximum atomic E-state index is 12.2. The summed E-state index contributed by atoms with van der Waals surface area (Å²) in [6.07, 6.45) is 0. The molecule has 7 nitrogen and oxygen atoms in total. The Hall–Kier alpha value is -2.70. The molecule has 0 bridgehead atoms. The first-order chi connectivity index (χ1) is 10.5. The molecule has 118 valence electrons. The summed E-state index contributed by atoms with van der Waals surface area (Å²) in [5.74, 6) is -0.277. The van der Waals surface area contributed by atoms with Crippen LogP contribution in [0.1, 0.15) is 25.5 Å². The third kappa shape index (κ3) is 2.98. The van der Waals surface area contributed by atoms with Crippen molar-refractivity contribution < 1.29 is 24.2 Å². The molecule has 0 aliphatic carbocycles. The van der Waals surface area contributed by atoms with Gasteiger partial charge in [0.2, 0.25) is 0 Å². The van der Waals surface area contributed by atoms with Gasteiger partial charge in [0.25, 0.3) is 0 Å². The van der Waals surface area contributed by atoms with Crippen LogP contribution in [0.3, 0.4) is 0 Å². The van der Waals surface area contributed by atoms with Crippen LogP contribution >= 0.6 is 0 Å². The van der Waals surface area contributed by atoms with Gasteiger partial charge >= 0.3 is 12.0 Å². The highest BCUT2D eigenvalue weighted by Crippen LogP contribution is 2.33. The Morgan fingerprint density at radius 3 is 2.77 bits per heavy atom. The number of aromatic hydroxyl groups is 1. The minimum atomic E-state index is -0.678. The second-order valence-electron chi connectivity index (χ2n) is 4.72. The third-order valence-electron chi connectivity index (χ3n) is 3.30. The quantitative estimate of drug-likeness (QED) is 0.734. The fourth-order valence-electron chi connectivity index (χ4n) is 2.30.